The van der Waals surface area contributed by atoms with Crippen LogP contribution in [-0.4, -0.2) is 48.8 Å². The van der Waals surface area contributed by atoms with Crippen molar-refractivity contribution >= 4 is 18.0 Å². The number of methoxy groups -OCH3 is 1. The van der Waals surface area contributed by atoms with Crippen LogP contribution in [0.4, 0.5) is 10.3 Å². The van der Waals surface area contributed by atoms with Crippen molar-refractivity contribution in [3.8, 4) is 5.75 Å². The van der Waals surface area contributed by atoms with E-state index in [0.29, 0.717) is 23.8 Å². The first-order chi connectivity index (χ1) is 14.2. The number of aryl methyl sites for hydroxylation is 1. The second-order valence-electron chi connectivity index (χ2n) is 6.68. The lowest BCUT2D eigenvalue weighted by molar-refractivity contribution is -0.134. The Morgan fingerprint density at radius 3 is 2.97 bits per heavy atom. The monoisotopic (exact) mass is 400 g/mol. The maximum absolute atomic E-state index is 13.9. The fourth-order valence-electron chi connectivity index (χ4n) is 3.11. The molecule has 1 unspecified atom stereocenters. The molecule has 154 valence electrons. The Morgan fingerprint density at radius 1 is 1.34 bits per heavy atom. The highest BCUT2D eigenvalue weighted by Gasteiger charge is 2.22. The maximum atomic E-state index is 13.9. The van der Waals surface area contributed by atoms with E-state index < -0.39 is 5.97 Å². The summed E-state index contributed by atoms with van der Waals surface area (Å²) in [6.45, 7) is 2.29. The summed E-state index contributed by atoms with van der Waals surface area (Å²) < 4.78 is 24.6. The molecule has 0 radical (unpaired) electrons. The van der Waals surface area contributed by atoms with Gasteiger partial charge in [0.15, 0.2) is 0 Å². The number of nitrogens with zero attached hydrogens (tertiary/aromatic N) is 2. The number of carbonyl (C=O) groups excluding carboxylic acids is 1. The molecule has 0 spiro atoms. The first-order valence-electron chi connectivity index (χ1n) is 9.62. The molecular formula is C21H25FN4O3. The van der Waals surface area contributed by atoms with E-state index in [1.807, 2.05) is 0 Å². The van der Waals surface area contributed by atoms with Crippen LogP contribution >= 0.6 is 0 Å². The molecule has 0 saturated heterocycles. The molecule has 1 aromatic carbocycles. The van der Waals surface area contributed by atoms with Gasteiger partial charge in [-0.15, -0.1) is 0 Å². The number of hydrogen-bond acceptors (Lipinski definition) is 7. The summed E-state index contributed by atoms with van der Waals surface area (Å²) in [5, 5.41) is 6.55. The van der Waals surface area contributed by atoms with Gasteiger partial charge in [-0.05, 0) is 55.6 Å². The lowest BCUT2D eigenvalue weighted by atomic mass is 9.98. The van der Waals surface area contributed by atoms with E-state index in [1.165, 1.54) is 31.4 Å². The van der Waals surface area contributed by atoms with Crippen LogP contribution in [0.25, 0.3) is 6.08 Å². The molecule has 2 heterocycles. The van der Waals surface area contributed by atoms with Gasteiger partial charge in [0.05, 0.1) is 7.11 Å². The lowest BCUT2D eigenvalue weighted by Gasteiger charge is -2.28. The zero-order valence-corrected chi connectivity index (χ0v) is 16.4. The van der Waals surface area contributed by atoms with Crippen LogP contribution < -0.4 is 15.4 Å². The van der Waals surface area contributed by atoms with Gasteiger partial charge in [0.1, 0.15) is 17.7 Å². The molecular weight excluding hydrogens is 375 g/mol. The zero-order valence-electron chi connectivity index (χ0n) is 16.4. The lowest BCUT2D eigenvalue weighted by Crippen LogP contribution is -2.35. The molecule has 0 amide bonds. The first kappa shape index (κ1) is 20.7. The highest BCUT2D eigenvalue weighted by Crippen LogP contribution is 2.33. The fourth-order valence-corrected chi connectivity index (χ4v) is 3.11. The quantitative estimate of drug-likeness (QED) is 0.380. The smallest absolute Gasteiger partial charge is 0.330 e. The second kappa shape index (κ2) is 10.5. The SMILES string of the molecule is COC(=O)/C=C/c1cc(F)cc2c1OC(CNCCCNc1ncccn1)CC2. The van der Waals surface area contributed by atoms with Crippen molar-refractivity contribution in [2.45, 2.75) is 25.4 Å². The topological polar surface area (TPSA) is 85.4 Å². The average molecular weight is 400 g/mol. The molecule has 0 aliphatic carbocycles. The molecule has 29 heavy (non-hydrogen) atoms. The number of rotatable bonds is 9. The summed E-state index contributed by atoms with van der Waals surface area (Å²) in [6, 6.07) is 4.64. The van der Waals surface area contributed by atoms with Crippen molar-refractivity contribution in [2.75, 3.05) is 32.1 Å². The summed E-state index contributed by atoms with van der Waals surface area (Å²) in [4.78, 5) is 19.6. The van der Waals surface area contributed by atoms with Gasteiger partial charge in [0.2, 0.25) is 5.95 Å². The number of ether oxygens (including phenoxy) is 2. The number of esters is 1. The number of benzene rings is 1. The van der Waals surface area contributed by atoms with Gasteiger partial charge < -0.3 is 20.1 Å². The van der Waals surface area contributed by atoms with Gasteiger partial charge in [-0.2, -0.15) is 0 Å². The molecule has 1 aliphatic heterocycles. The third-order valence-corrected chi connectivity index (χ3v) is 4.53. The summed E-state index contributed by atoms with van der Waals surface area (Å²) in [7, 11) is 1.30. The molecule has 1 aliphatic rings. The van der Waals surface area contributed by atoms with Crippen LogP contribution in [0.15, 0.2) is 36.7 Å². The van der Waals surface area contributed by atoms with Crippen molar-refractivity contribution < 1.29 is 18.7 Å². The van der Waals surface area contributed by atoms with Crippen LogP contribution in [0.5, 0.6) is 5.75 Å². The minimum absolute atomic E-state index is 0.0105. The summed E-state index contributed by atoms with van der Waals surface area (Å²) >= 11 is 0. The predicted octanol–water partition coefficient (Wildman–Crippen LogP) is 2.59. The number of halogens is 1. The standard InChI is InChI=1S/C21H25FN4O3/c1-28-19(27)7-5-16-13-17(22)12-15-4-6-18(29-20(15)16)14-23-8-2-9-24-21-25-10-3-11-26-21/h3,5,7,10-13,18,23H,2,4,6,8-9,14H2,1H3,(H,24,25,26)/b7-5+. The molecule has 0 bridgehead atoms. The van der Waals surface area contributed by atoms with Gasteiger partial charge in [-0.25, -0.2) is 19.2 Å². The largest absolute Gasteiger partial charge is 0.488 e. The summed E-state index contributed by atoms with van der Waals surface area (Å²) in [5.41, 5.74) is 1.36. The minimum atomic E-state index is -0.494. The van der Waals surface area contributed by atoms with Gasteiger partial charge in [0, 0.05) is 37.1 Å². The summed E-state index contributed by atoms with van der Waals surface area (Å²) in [5.74, 6) is 0.418. The van der Waals surface area contributed by atoms with E-state index >= 15 is 0 Å². The van der Waals surface area contributed by atoms with Crippen LogP contribution in [0, 0.1) is 5.82 Å². The van der Waals surface area contributed by atoms with E-state index in [0.717, 1.165) is 37.9 Å². The Labute approximate surface area is 169 Å². The van der Waals surface area contributed by atoms with Crippen molar-refractivity contribution in [3.05, 3.63) is 53.6 Å². The Hall–Kier alpha value is -3.00. The Kier molecular flexibility index (Phi) is 7.52. The Morgan fingerprint density at radius 2 is 2.17 bits per heavy atom. The van der Waals surface area contributed by atoms with Gasteiger partial charge in [-0.3, -0.25) is 0 Å². The maximum Gasteiger partial charge on any atom is 0.330 e. The number of aromatic nitrogens is 2. The van der Waals surface area contributed by atoms with E-state index in [4.69, 9.17) is 4.74 Å². The molecule has 8 heteroatoms. The number of fused-ring (bicyclic) bond motifs is 1. The molecule has 2 aromatic rings. The van der Waals surface area contributed by atoms with Crippen molar-refractivity contribution in [3.63, 3.8) is 0 Å². The number of hydrogen-bond donors (Lipinski definition) is 2. The highest BCUT2D eigenvalue weighted by atomic mass is 19.1. The van der Waals surface area contributed by atoms with Gasteiger partial charge in [-0.1, -0.05) is 0 Å². The normalized spacial score (nSPS) is 15.6. The van der Waals surface area contributed by atoms with Crippen LogP contribution in [0.2, 0.25) is 0 Å². The first-order valence-corrected chi connectivity index (χ1v) is 9.62. The van der Waals surface area contributed by atoms with Crippen LogP contribution in [0.3, 0.4) is 0 Å². The Bertz CT molecular complexity index is 845. The van der Waals surface area contributed by atoms with Crippen molar-refractivity contribution in [1.29, 1.82) is 0 Å². The number of anilines is 1. The van der Waals surface area contributed by atoms with Crippen molar-refractivity contribution in [2.24, 2.45) is 0 Å². The third kappa shape index (κ3) is 6.25. The summed E-state index contributed by atoms with van der Waals surface area (Å²) in [6.07, 6.45) is 8.64. The van der Waals surface area contributed by atoms with Crippen LogP contribution in [-0.2, 0) is 16.0 Å². The van der Waals surface area contributed by atoms with Gasteiger partial charge in [0.25, 0.3) is 0 Å². The molecule has 0 fully saturated rings. The molecule has 1 atom stereocenters. The second-order valence-corrected chi connectivity index (χ2v) is 6.68. The average Bonchev–Trinajstić information content (AvgIpc) is 2.75. The minimum Gasteiger partial charge on any atom is -0.488 e. The van der Waals surface area contributed by atoms with E-state index in [-0.39, 0.29) is 11.9 Å². The number of carbonyl (C=O) groups is 1. The van der Waals surface area contributed by atoms with Gasteiger partial charge >= 0.3 is 5.97 Å². The van der Waals surface area contributed by atoms with Crippen molar-refractivity contribution in [1.82, 2.24) is 15.3 Å². The van der Waals surface area contributed by atoms with E-state index in [2.05, 4.69) is 25.3 Å². The molecule has 3 rings (SSSR count). The molecule has 1 aromatic heterocycles. The third-order valence-electron chi connectivity index (χ3n) is 4.53. The van der Waals surface area contributed by atoms with E-state index in [1.54, 1.807) is 18.5 Å². The number of nitrogens with one attached hydrogen (secondary N) is 2. The molecule has 2 N–H and O–H groups in total. The fraction of sp³-hybridized carbons (Fsp3) is 0.381. The Balaban J connectivity index is 1.47. The molecule has 7 nitrogen and oxygen atoms in total. The highest BCUT2D eigenvalue weighted by molar-refractivity contribution is 5.87. The predicted molar refractivity (Wildman–Crippen MR) is 108 cm³/mol. The zero-order chi connectivity index (χ0) is 20.5. The van der Waals surface area contributed by atoms with Crippen LogP contribution in [0.1, 0.15) is 24.0 Å². The molecule has 0 saturated carbocycles. The van der Waals surface area contributed by atoms with E-state index in [9.17, 15) is 9.18 Å².